The number of rotatable bonds is 6. The lowest BCUT2D eigenvalue weighted by Gasteiger charge is -2.22. The molecule has 0 bridgehead atoms. The number of amides is 2. The molecule has 1 fully saturated rings. The van der Waals surface area contributed by atoms with Crippen molar-refractivity contribution >= 4 is 40.3 Å². The largest absolute Gasteiger partial charge is 0.383 e. The van der Waals surface area contributed by atoms with E-state index < -0.39 is 11.7 Å². The van der Waals surface area contributed by atoms with Crippen molar-refractivity contribution in [3.8, 4) is 11.8 Å². The summed E-state index contributed by atoms with van der Waals surface area (Å²) in [5, 5.41) is 7.59. The van der Waals surface area contributed by atoms with Crippen LogP contribution in [0.1, 0.15) is 34.1 Å². The SMILES string of the molecule is C=CC(=O)N1C[C@@H](n2nc(C#Cc3c(Cl)cc4c(ncn4C)c3F)c(C(N)=O)c2NC)C[C@@H]1COC. The average Bonchev–Trinajstić information content (AvgIpc) is 3.54. The normalized spacial score (nSPS) is 17.2. The number of imidazole rings is 1. The Morgan fingerprint density at radius 1 is 1.44 bits per heavy atom. The summed E-state index contributed by atoms with van der Waals surface area (Å²) < 4.78 is 23.6. The number of aryl methyl sites for hydroxylation is 1. The third kappa shape index (κ3) is 4.29. The maximum absolute atomic E-state index is 15.1. The van der Waals surface area contributed by atoms with Crippen LogP contribution in [0, 0.1) is 17.7 Å². The van der Waals surface area contributed by atoms with Gasteiger partial charge in [-0.3, -0.25) is 9.59 Å². The van der Waals surface area contributed by atoms with Crippen LogP contribution >= 0.6 is 11.6 Å². The zero-order chi connectivity index (χ0) is 26.1. The number of halogens is 2. The molecule has 188 valence electrons. The van der Waals surface area contributed by atoms with Crippen molar-refractivity contribution in [3.05, 3.63) is 52.7 Å². The Bertz CT molecular complexity index is 1440. The standard InChI is InChI=1S/C24H25ClFN7O3/c1-5-19(34)32-10-13(8-14(32)11-36-4)33-24(28-2)20(23(27)35)17(30-33)7-6-15-16(25)9-18-22(21(15)26)29-12-31(18)3/h5,9,12-14,28H,1,8,10-11H2,2-4H3,(H2,27,35)/t13-,14+/m0/s1. The van der Waals surface area contributed by atoms with Gasteiger partial charge >= 0.3 is 0 Å². The molecule has 1 saturated heterocycles. The molecule has 1 aromatic carbocycles. The van der Waals surface area contributed by atoms with Crippen molar-refractivity contribution < 1.29 is 18.7 Å². The maximum atomic E-state index is 15.1. The first-order valence-electron chi connectivity index (χ1n) is 11.0. The number of hydrogen-bond acceptors (Lipinski definition) is 6. The first kappa shape index (κ1) is 25.2. The topological polar surface area (TPSA) is 120 Å². The highest BCUT2D eigenvalue weighted by Crippen LogP contribution is 2.33. The molecular formula is C24H25ClFN7O3. The zero-order valence-corrected chi connectivity index (χ0v) is 20.8. The van der Waals surface area contributed by atoms with E-state index in [0.717, 1.165) is 0 Å². The molecular weight excluding hydrogens is 489 g/mol. The third-order valence-corrected chi connectivity index (χ3v) is 6.46. The van der Waals surface area contributed by atoms with E-state index in [2.05, 4.69) is 33.8 Å². The van der Waals surface area contributed by atoms with Crippen molar-refractivity contribution in [2.75, 3.05) is 32.6 Å². The Labute approximate surface area is 211 Å². The van der Waals surface area contributed by atoms with Crippen LogP contribution in [0.2, 0.25) is 5.02 Å². The number of nitrogens with two attached hydrogens (primary N) is 1. The van der Waals surface area contributed by atoms with Crippen molar-refractivity contribution in [2.24, 2.45) is 12.8 Å². The summed E-state index contributed by atoms with van der Waals surface area (Å²) in [6, 6.07) is 1.07. The van der Waals surface area contributed by atoms with Crippen LogP contribution in [-0.2, 0) is 16.6 Å². The molecule has 0 aliphatic carbocycles. The Kier molecular flexibility index (Phi) is 7.01. The second-order valence-electron chi connectivity index (χ2n) is 8.35. The van der Waals surface area contributed by atoms with Gasteiger partial charge in [-0.2, -0.15) is 5.10 Å². The van der Waals surface area contributed by atoms with Gasteiger partial charge < -0.3 is 25.3 Å². The number of primary amides is 1. The molecule has 3 N–H and O–H groups in total. The molecule has 10 nitrogen and oxygen atoms in total. The fourth-order valence-electron chi connectivity index (χ4n) is 4.50. The molecule has 1 aliphatic heterocycles. The van der Waals surface area contributed by atoms with E-state index in [-0.39, 0.29) is 45.4 Å². The minimum Gasteiger partial charge on any atom is -0.383 e. The predicted molar refractivity (Wildman–Crippen MR) is 133 cm³/mol. The monoisotopic (exact) mass is 513 g/mol. The summed E-state index contributed by atoms with van der Waals surface area (Å²) in [5.74, 6) is 4.14. The number of nitrogens with zero attached hydrogens (tertiary/aromatic N) is 5. The highest BCUT2D eigenvalue weighted by Gasteiger charge is 2.37. The third-order valence-electron chi connectivity index (χ3n) is 6.17. The number of aromatic nitrogens is 4. The predicted octanol–water partition coefficient (Wildman–Crippen LogP) is 2.08. The van der Waals surface area contributed by atoms with Crippen molar-refractivity contribution in [1.29, 1.82) is 0 Å². The van der Waals surface area contributed by atoms with Gasteiger partial charge in [0.1, 0.15) is 16.9 Å². The van der Waals surface area contributed by atoms with Gasteiger partial charge in [0.05, 0.1) is 41.1 Å². The van der Waals surface area contributed by atoms with Crippen molar-refractivity contribution in [1.82, 2.24) is 24.2 Å². The number of carbonyl (C=O) groups is 2. The average molecular weight is 514 g/mol. The highest BCUT2D eigenvalue weighted by molar-refractivity contribution is 6.32. The van der Waals surface area contributed by atoms with E-state index in [1.54, 1.807) is 41.4 Å². The Morgan fingerprint density at radius 2 is 2.19 bits per heavy atom. The molecule has 1 aliphatic rings. The number of fused-ring (bicyclic) bond motifs is 1. The number of ether oxygens (including phenoxy) is 1. The van der Waals surface area contributed by atoms with E-state index in [1.165, 1.54) is 12.4 Å². The van der Waals surface area contributed by atoms with E-state index in [9.17, 15) is 9.59 Å². The van der Waals surface area contributed by atoms with Crippen LogP contribution in [0.15, 0.2) is 25.0 Å². The minimum atomic E-state index is -0.757. The summed E-state index contributed by atoms with van der Waals surface area (Å²) in [4.78, 5) is 30.5. The number of hydrogen-bond donors (Lipinski definition) is 2. The van der Waals surface area contributed by atoms with Crippen LogP contribution in [0.4, 0.5) is 10.2 Å². The molecule has 0 unspecified atom stereocenters. The molecule has 0 radical (unpaired) electrons. The van der Waals surface area contributed by atoms with Gasteiger partial charge in [0.15, 0.2) is 11.5 Å². The van der Waals surface area contributed by atoms with Crippen molar-refractivity contribution in [2.45, 2.75) is 18.5 Å². The number of anilines is 1. The Morgan fingerprint density at radius 3 is 2.83 bits per heavy atom. The van der Waals surface area contributed by atoms with E-state index in [4.69, 9.17) is 22.1 Å². The minimum absolute atomic E-state index is 0.0530. The van der Waals surface area contributed by atoms with Gasteiger partial charge in [-0.1, -0.05) is 24.1 Å². The molecule has 0 spiro atoms. The van der Waals surface area contributed by atoms with Crippen LogP contribution in [0.3, 0.4) is 0 Å². The second kappa shape index (κ2) is 10.0. The van der Waals surface area contributed by atoms with Gasteiger partial charge in [-0.15, -0.1) is 0 Å². The second-order valence-corrected chi connectivity index (χ2v) is 8.75. The van der Waals surface area contributed by atoms with Gasteiger partial charge in [-0.25, -0.2) is 14.1 Å². The van der Waals surface area contributed by atoms with Crippen LogP contribution in [0.5, 0.6) is 0 Å². The summed E-state index contributed by atoms with van der Waals surface area (Å²) in [5.41, 5.74) is 6.36. The lowest BCUT2D eigenvalue weighted by atomic mass is 10.1. The smallest absolute Gasteiger partial charge is 0.255 e. The summed E-state index contributed by atoms with van der Waals surface area (Å²) in [6.45, 7) is 4.21. The molecule has 12 heteroatoms. The van der Waals surface area contributed by atoms with E-state index in [0.29, 0.717) is 30.9 Å². The maximum Gasteiger partial charge on any atom is 0.255 e. The summed E-state index contributed by atoms with van der Waals surface area (Å²) in [6.07, 6.45) is 3.24. The summed E-state index contributed by atoms with van der Waals surface area (Å²) in [7, 11) is 4.91. The molecule has 3 heterocycles. The first-order chi connectivity index (χ1) is 17.2. The Hall–Kier alpha value is -3.88. The lowest BCUT2D eigenvalue weighted by molar-refractivity contribution is -0.127. The van der Waals surface area contributed by atoms with E-state index in [1.807, 2.05) is 0 Å². The number of likely N-dealkylation sites (tertiary alicyclic amines) is 1. The van der Waals surface area contributed by atoms with E-state index >= 15 is 4.39 Å². The zero-order valence-electron chi connectivity index (χ0n) is 20.0. The van der Waals surface area contributed by atoms with Gasteiger partial charge in [0.2, 0.25) is 5.91 Å². The molecule has 2 atom stereocenters. The van der Waals surface area contributed by atoms with Gasteiger partial charge in [0, 0.05) is 27.7 Å². The number of carbonyl (C=O) groups excluding carboxylic acids is 2. The summed E-state index contributed by atoms with van der Waals surface area (Å²) >= 11 is 6.31. The van der Waals surface area contributed by atoms with Gasteiger partial charge in [-0.05, 0) is 24.5 Å². The van der Waals surface area contributed by atoms with Crippen molar-refractivity contribution in [3.63, 3.8) is 0 Å². The van der Waals surface area contributed by atoms with Crippen LogP contribution < -0.4 is 11.1 Å². The highest BCUT2D eigenvalue weighted by atomic mass is 35.5. The first-order valence-corrected chi connectivity index (χ1v) is 11.4. The number of benzene rings is 1. The molecule has 2 aromatic heterocycles. The molecule has 36 heavy (non-hydrogen) atoms. The lowest BCUT2D eigenvalue weighted by Crippen LogP contribution is -2.37. The number of methoxy groups -OCH3 is 1. The van der Waals surface area contributed by atoms with Crippen LogP contribution in [0.25, 0.3) is 11.0 Å². The molecule has 4 rings (SSSR count). The quantitative estimate of drug-likeness (QED) is 0.384. The van der Waals surface area contributed by atoms with Crippen LogP contribution in [-0.4, -0.2) is 69.4 Å². The molecule has 3 aromatic rings. The fourth-order valence-corrected chi connectivity index (χ4v) is 4.73. The fraction of sp³-hybridized carbons (Fsp3) is 0.333. The molecule has 0 saturated carbocycles. The number of nitrogens with one attached hydrogen (secondary N) is 1. The van der Waals surface area contributed by atoms with Gasteiger partial charge in [0.25, 0.3) is 5.91 Å². The molecule has 2 amide bonds. The Balaban J connectivity index is 1.79.